The molecule has 3 aromatic rings. The molecule has 0 spiro atoms. The van der Waals surface area contributed by atoms with Crippen LogP contribution in [0.4, 0.5) is 10.3 Å². The molecule has 2 heterocycles. The molecule has 1 aromatic carbocycles. The van der Waals surface area contributed by atoms with Crippen molar-refractivity contribution in [2.45, 2.75) is 33.4 Å². The number of imidazole rings is 1. The van der Waals surface area contributed by atoms with Crippen molar-refractivity contribution in [2.24, 2.45) is 0 Å². The van der Waals surface area contributed by atoms with Crippen molar-refractivity contribution >= 4 is 17.1 Å². The minimum absolute atomic E-state index is 0.0444. The maximum Gasteiger partial charge on any atom is 0.203 e. The van der Waals surface area contributed by atoms with Gasteiger partial charge >= 0.3 is 0 Å². The van der Waals surface area contributed by atoms with Gasteiger partial charge in [0.25, 0.3) is 0 Å². The van der Waals surface area contributed by atoms with Crippen LogP contribution in [0, 0.1) is 12.7 Å². The topological polar surface area (TPSA) is 61.7 Å². The van der Waals surface area contributed by atoms with Crippen LogP contribution in [0.15, 0.2) is 24.3 Å². The Morgan fingerprint density at radius 1 is 1.29 bits per heavy atom. The van der Waals surface area contributed by atoms with Crippen molar-refractivity contribution in [1.29, 1.82) is 0 Å². The van der Waals surface area contributed by atoms with Crippen molar-refractivity contribution in [3.63, 3.8) is 0 Å². The van der Waals surface area contributed by atoms with E-state index in [1.807, 2.05) is 30.0 Å². The van der Waals surface area contributed by atoms with E-state index in [4.69, 9.17) is 5.73 Å². The summed E-state index contributed by atoms with van der Waals surface area (Å²) in [7, 11) is 0. The zero-order valence-electron chi connectivity index (χ0n) is 12.3. The second kappa shape index (κ2) is 4.87. The van der Waals surface area contributed by atoms with E-state index in [9.17, 15) is 4.39 Å². The first-order valence-corrected chi connectivity index (χ1v) is 6.99. The quantitative estimate of drug-likeness (QED) is 0.805. The van der Waals surface area contributed by atoms with Crippen molar-refractivity contribution < 1.29 is 4.39 Å². The summed E-state index contributed by atoms with van der Waals surface area (Å²) in [5.41, 5.74) is 9.66. The van der Waals surface area contributed by atoms with Gasteiger partial charge in [0.1, 0.15) is 11.3 Å². The van der Waals surface area contributed by atoms with Crippen LogP contribution < -0.4 is 5.73 Å². The molecule has 0 aliphatic carbocycles. The van der Waals surface area contributed by atoms with Gasteiger partial charge in [0, 0.05) is 6.54 Å². The van der Waals surface area contributed by atoms with Gasteiger partial charge in [-0.2, -0.15) is 5.10 Å². The third kappa shape index (κ3) is 2.07. The number of nitrogen functional groups attached to an aromatic ring is 1. The molecular weight excluding hydrogens is 269 g/mol. The van der Waals surface area contributed by atoms with Crippen LogP contribution in [-0.2, 0) is 6.54 Å². The van der Waals surface area contributed by atoms with Crippen LogP contribution in [-0.4, -0.2) is 19.3 Å². The molecule has 2 aromatic heterocycles. The molecule has 0 aliphatic rings. The molecule has 1 unspecified atom stereocenters. The number of nitrogens with zero attached hydrogens (tertiary/aromatic N) is 4. The monoisotopic (exact) mass is 287 g/mol. The summed E-state index contributed by atoms with van der Waals surface area (Å²) in [6.07, 6.45) is 0. The molecule has 2 N–H and O–H groups in total. The summed E-state index contributed by atoms with van der Waals surface area (Å²) >= 11 is 0. The van der Waals surface area contributed by atoms with Crippen molar-refractivity contribution in [3.8, 4) is 0 Å². The number of halogens is 1. The SMILES string of the molecule is CCn1nc(C)c2nc(N)n(C(C)c3ccc(F)cc3)c21. The van der Waals surface area contributed by atoms with Crippen LogP contribution >= 0.6 is 0 Å². The average Bonchev–Trinajstić information content (AvgIpc) is 2.96. The molecule has 5 nitrogen and oxygen atoms in total. The number of aromatic nitrogens is 4. The van der Waals surface area contributed by atoms with E-state index in [0.29, 0.717) is 5.95 Å². The molecule has 1 atom stereocenters. The predicted octanol–water partition coefficient (Wildman–Crippen LogP) is 2.89. The maximum absolute atomic E-state index is 13.1. The van der Waals surface area contributed by atoms with Crippen LogP contribution in [0.5, 0.6) is 0 Å². The predicted molar refractivity (Wildman–Crippen MR) is 80.6 cm³/mol. The Kier molecular flexibility index (Phi) is 3.16. The highest BCUT2D eigenvalue weighted by molar-refractivity contribution is 5.78. The number of benzene rings is 1. The number of fused-ring (bicyclic) bond motifs is 1. The zero-order valence-corrected chi connectivity index (χ0v) is 12.3. The molecule has 0 aliphatic heterocycles. The van der Waals surface area contributed by atoms with Crippen LogP contribution in [0.2, 0.25) is 0 Å². The minimum atomic E-state index is -0.246. The number of rotatable bonds is 3. The van der Waals surface area contributed by atoms with E-state index in [1.54, 1.807) is 12.1 Å². The lowest BCUT2D eigenvalue weighted by molar-refractivity contribution is 0.601. The second-order valence-electron chi connectivity index (χ2n) is 5.14. The standard InChI is InChI=1S/C15H18FN5/c1-4-20-14-13(9(2)19-20)18-15(17)21(14)10(3)11-5-7-12(16)8-6-11/h5-8,10H,4H2,1-3H3,(H2,17,18). The molecule has 0 fully saturated rings. The van der Waals surface area contributed by atoms with Crippen molar-refractivity contribution in [2.75, 3.05) is 5.73 Å². The molecule has 6 heteroatoms. The largest absolute Gasteiger partial charge is 0.369 e. The first-order chi connectivity index (χ1) is 10.0. The first kappa shape index (κ1) is 13.6. The van der Waals surface area contributed by atoms with E-state index in [0.717, 1.165) is 29.0 Å². The van der Waals surface area contributed by atoms with Gasteiger partial charge in [-0.25, -0.2) is 14.1 Å². The normalized spacial score (nSPS) is 13.0. The summed E-state index contributed by atoms with van der Waals surface area (Å²) < 4.78 is 16.9. The highest BCUT2D eigenvalue weighted by Gasteiger charge is 2.21. The van der Waals surface area contributed by atoms with Crippen LogP contribution in [0.25, 0.3) is 11.2 Å². The smallest absolute Gasteiger partial charge is 0.203 e. The van der Waals surface area contributed by atoms with Crippen LogP contribution in [0.1, 0.15) is 31.1 Å². The average molecular weight is 287 g/mol. The van der Waals surface area contributed by atoms with E-state index < -0.39 is 0 Å². The third-order valence-corrected chi connectivity index (χ3v) is 3.81. The van der Waals surface area contributed by atoms with Gasteiger partial charge in [0.15, 0.2) is 5.65 Å². The van der Waals surface area contributed by atoms with Gasteiger partial charge in [-0.15, -0.1) is 0 Å². The lowest BCUT2D eigenvalue weighted by Crippen LogP contribution is -2.13. The van der Waals surface area contributed by atoms with Gasteiger partial charge in [-0.1, -0.05) is 12.1 Å². The summed E-state index contributed by atoms with van der Waals surface area (Å²) in [5.74, 6) is 0.202. The van der Waals surface area contributed by atoms with E-state index in [2.05, 4.69) is 10.1 Å². The minimum Gasteiger partial charge on any atom is -0.369 e. The molecule has 110 valence electrons. The number of nitrogens with two attached hydrogens (primary N) is 1. The van der Waals surface area contributed by atoms with Crippen molar-refractivity contribution in [3.05, 3.63) is 41.3 Å². The molecule has 0 bridgehead atoms. The third-order valence-electron chi connectivity index (χ3n) is 3.81. The molecule has 0 radical (unpaired) electrons. The Morgan fingerprint density at radius 2 is 1.95 bits per heavy atom. The van der Waals surface area contributed by atoms with E-state index in [-0.39, 0.29) is 11.9 Å². The number of anilines is 1. The number of aryl methyl sites for hydroxylation is 2. The van der Waals surface area contributed by atoms with E-state index >= 15 is 0 Å². The second-order valence-corrected chi connectivity index (χ2v) is 5.14. The Hall–Kier alpha value is -2.37. The lowest BCUT2D eigenvalue weighted by atomic mass is 10.1. The molecule has 0 amide bonds. The maximum atomic E-state index is 13.1. The summed E-state index contributed by atoms with van der Waals surface area (Å²) in [6, 6.07) is 6.41. The Bertz CT molecular complexity index is 785. The zero-order chi connectivity index (χ0) is 15.1. The Labute approximate surface area is 122 Å². The summed E-state index contributed by atoms with van der Waals surface area (Å²) in [4.78, 5) is 4.43. The van der Waals surface area contributed by atoms with Gasteiger partial charge < -0.3 is 5.73 Å². The summed E-state index contributed by atoms with van der Waals surface area (Å²) in [6.45, 7) is 6.72. The van der Waals surface area contributed by atoms with Gasteiger partial charge in [-0.3, -0.25) is 4.57 Å². The van der Waals surface area contributed by atoms with Crippen molar-refractivity contribution in [1.82, 2.24) is 19.3 Å². The molecule has 21 heavy (non-hydrogen) atoms. The fourth-order valence-corrected chi connectivity index (χ4v) is 2.70. The lowest BCUT2D eigenvalue weighted by Gasteiger charge is -2.17. The van der Waals surface area contributed by atoms with E-state index in [1.165, 1.54) is 12.1 Å². The van der Waals surface area contributed by atoms with Gasteiger partial charge in [0.05, 0.1) is 11.7 Å². The molecular formula is C15H18FN5. The fraction of sp³-hybridized carbons (Fsp3) is 0.333. The van der Waals surface area contributed by atoms with Gasteiger partial charge in [-0.05, 0) is 38.5 Å². The Morgan fingerprint density at radius 3 is 2.57 bits per heavy atom. The molecule has 3 rings (SSSR count). The first-order valence-electron chi connectivity index (χ1n) is 6.99. The number of hydrogen-bond acceptors (Lipinski definition) is 3. The Balaban J connectivity index is 2.19. The highest BCUT2D eigenvalue weighted by atomic mass is 19.1. The molecule has 0 saturated carbocycles. The van der Waals surface area contributed by atoms with Crippen LogP contribution in [0.3, 0.4) is 0 Å². The fourth-order valence-electron chi connectivity index (χ4n) is 2.70. The number of hydrogen-bond donors (Lipinski definition) is 1. The summed E-state index contributed by atoms with van der Waals surface area (Å²) in [5, 5.41) is 4.48. The van der Waals surface area contributed by atoms with Gasteiger partial charge in [0.2, 0.25) is 5.95 Å². The molecule has 0 saturated heterocycles. The highest BCUT2D eigenvalue weighted by Crippen LogP contribution is 2.28.